The maximum absolute atomic E-state index is 12.2. The number of hydrogen-bond acceptors (Lipinski definition) is 4. The van der Waals surface area contributed by atoms with E-state index < -0.39 is 22.7 Å². The highest BCUT2D eigenvalue weighted by molar-refractivity contribution is 14.1. The van der Waals surface area contributed by atoms with Crippen molar-refractivity contribution >= 4 is 34.1 Å². The molecule has 0 fully saturated rings. The van der Waals surface area contributed by atoms with Crippen LogP contribution < -0.4 is 5.73 Å². The molecule has 0 atom stereocenters. The number of halogens is 3. The molecule has 1 heterocycles. The van der Waals surface area contributed by atoms with Crippen LogP contribution in [0.3, 0.4) is 0 Å². The van der Waals surface area contributed by atoms with Gasteiger partial charge in [0.1, 0.15) is 3.57 Å². The molecule has 8 heteroatoms. The minimum Gasteiger partial charge on any atom is -0.397 e. The Bertz CT molecular complexity index is 386. The summed E-state index contributed by atoms with van der Waals surface area (Å²) >= 11 is 1.52. The van der Waals surface area contributed by atoms with Crippen LogP contribution in [0, 0.1) is 13.7 Å². The Balaban J connectivity index is 3.33. The van der Waals surface area contributed by atoms with Gasteiger partial charge in [-0.2, -0.15) is 0 Å². The van der Waals surface area contributed by atoms with Crippen molar-refractivity contribution in [2.45, 2.75) is 6.43 Å². The van der Waals surface area contributed by atoms with Gasteiger partial charge in [-0.25, -0.2) is 8.78 Å². The molecule has 1 aromatic heterocycles. The number of nitrogens with zero attached hydrogens (tertiary/aromatic N) is 2. The summed E-state index contributed by atoms with van der Waals surface area (Å²) in [7, 11) is 0. The predicted octanol–water partition coefficient (Wildman–Crippen LogP) is 2.11. The van der Waals surface area contributed by atoms with Gasteiger partial charge >= 0.3 is 5.82 Å². The van der Waals surface area contributed by atoms with Crippen LogP contribution in [-0.4, -0.2) is 9.91 Å². The lowest BCUT2D eigenvalue weighted by Crippen LogP contribution is -2.04. The summed E-state index contributed by atoms with van der Waals surface area (Å²) in [6, 6.07) is 0. The zero-order valence-electron chi connectivity index (χ0n) is 6.58. The molecular formula is C6H4F2IN3O2. The second-order valence-corrected chi connectivity index (χ2v) is 3.40. The molecule has 0 aliphatic rings. The predicted molar refractivity (Wildman–Crippen MR) is 53.0 cm³/mol. The van der Waals surface area contributed by atoms with Crippen molar-refractivity contribution in [3.63, 3.8) is 0 Å². The first-order chi connectivity index (χ1) is 6.45. The highest BCUT2D eigenvalue weighted by Crippen LogP contribution is 2.32. The minimum absolute atomic E-state index is 0.0644. The van der Waals surface area contributed by atoms with Gasteiger partial charge in [0, 0.05) is 0 Å². The van der Waals surface area contributed by atoms with Crippen LogP contribution in [0.1, 0.15) is 12.0 Å². The van der Waals surface area contributed by atoms with Crippen molar-refractivity contribution < 1.29 is 13.7 Å². The molecule has 0 aliphatic carbocycles. The third kappa shape index (κ3) is 1.89. The first-order valence-corrected chi connectivity index (χ1v) is 4.39. The highest BCUT2D eigenvalue weighted by atomic mass is 127. The zero-order valence-corrected chi connectivity index (χ0v) is 8.73. The van der Waals surface area contributed by atoms with E-state index in [1.807, 2.05) is 0 Å². The maximum atomic E-state index is 12.2. The molecule has 0 bridgehead atoms. The van der Waals surface area contributed by atoms with Gasteiger partial charge in [0.2, 0.25) is 0 Å². The number of anilines is 1. The molecule has 0 saturated heterocycles. The van der Waals surface area contributed by atoms with E-state index in [9.17, 15) is 18.9 Å². The molecule has 1 aromatic rings. The van der Waals surface area contributed by atoms with E-state index in [-0.39, 0.29) is 9.26 Å². The number of pyridine rings is 1. The maximum Gasteiger partial charge on any atom is 0.379 e. The van der Waals surface area contributed by atoms with Crippen molar-refractivity contribution in [1.82, 2.24) is 4.98 Å². The first kappa shape index (κ1) is 11.0. The highest BCUT2D eigenvalue weighted by Gasteiger charge is 2.23. The summed E-state index contributed by atoms with van der Waals surface area (Å²) in [5.74, 6) is -0.507. The summed E-state index contributed by atoms with van der Waals surface area (Å²) in [6.45, 7) is 0. The summed E-state index contributed by atoms with van der Waals surface area (Å²) < 4.78 is 24.4. The smallest absolute Gasteiger partial charge is 0.379 e. The van der Waals surface area contributed by atoms with Gasteiger partial charge in [-0.3, -0.25) is 0 Å². The molecule has 0 spiro atoms. The van der Waals surface area contributed by atoms with E-state index in [0.29, 0.717) is 0 Å². The molecule has 76 valence electrons. The second-order valence-electron chi connectivity index (χ2n) is 2.32. The van der Waals surface area contributed by atoms with Crippen LogP contribution in [0.5, 0.6) is 0 Å². The Labute approximate surface area is 90.6 Å². The number of nitrogen functional groups attached to an aromatic ring is 1. The topological polar surface area (TPSA) is 82.0 Å². The third-order valence-corrected chi connectivity index (χ3v) is 2.54. The van der Waals surface area contributed by atoms with Crippen molar-refractivity contribution in [3.8, 4) is 0 Å². The van der Waals surface area contributed by atoms with Crippen molar-refractivity contribution in [1.29, 1.82) is 0 Å². The lowest BCUT2D eigenvalue weighted by Gasteiger charge is -2.04. The average Bonchev–Trinajstić information content (AvgIpc) is 2.08. The van der Waals surface area contributed by atoms with Gasteiger partial charge in [0.05, 0.1) is 11.3 Å². The Morgan fingerprint density at radius 2 is 2.21 bits per heavy atom. The number of nitro groups is 1. The van der Waals surface area contributed by atoms with Crippen LogP contribution in [0.2, 0.25) is 0 Å². The van der Waals surface area contributed by atoms with Gasteiger partial charge in [0.15, 0.2) is 6.20 Å². The quantitative estimate of drug-likeness (QED) is 0.515. The van der Waals surface area contributed by atoms with E-state index in [2.05, 4.69) is 4.98 Å². The molecular weight excluding hydrogens is 311 g/mol. The number of nitrogens with two attached hydrogens (primary N) is 1. The molecule has 2 N–H and O–H groups in total. The largest absolute Gasteiger partial charge is 0.397 e. The fourth-order valence-electron chi connectivity index (χ4n) is 0.805. The normalized spacial score (nSPS) is 10.6. The van der Waals surface area contributed by atoms with Crippen LogP contribution in [0.25, 0.3) is 0 Å². The fourth-order valence-corrected chi connectivity index (χ4v) is 1.45. The summed E-state index contributed by atoms with van der Waals surface area (Å²) in [5.41, 5.74) is 4.51. The Morgan fingerprint density at radius 1 is 1.64 bits per heavy atom. The average molecular weight is 315 g/mol. The van der Waals surface area contributed by atoms with Crippen molar-refractivity contribution in [3.05, 3.63) is 25.4 Å². The van der Waals surface area contributed by atoms with E-state index in [4.69, 9.17) is 5.73 Å². The molecule has 0 saturated carbocycles. The van der Waals surface area contributed by atoms with Crippen molar-refractivity contribution in [2.75, 3.05) is 5.73 Å². The third-order valence-electron chi connectivity index (χ3n) is 1.48. The van der Waals surface area contributed by atoms with E-state index in [0.717, 1.165) is 6.20 Å². The SMILES string of the molecule is Nc1c(C(F)F)cnc([N+](=O)[O-])c1I. The molecule has 5 nitrogen and oxygen atoms in total. The monoisotopic (exact) mass is 315 g/mol. The molecule has 14 heavy (non-hydrogen) atoms. The van der Waals surface area contributed by atoms with Gasteiger partial charge in [-0.1, -0.05) is 0 Å². The van der Waals surface area contributed by atoms with Crippen LogP contribution in [0.15, 0.2) is 6.20 Å². The molecule has 0 aliphatic heterocycles. The summed E-state index contributed by atoms with van der Waals surface area (Å²) in [5, 5.41) is 10.4. The standard InChI is InChI=1S/C6H4F2IN3O2/c7-5(8)2-1-11-6(12(13)14)3(9)4(2)10/h1,5H,(H2,10,11). The molecule has 0 amide bonds. The number of aromatic nitrogens is 1. The van der Waals surface area contributed by atoms with E-state index in [1.54, 1.807) is 0 Å². The molecule has 0 radical (unpaired) electrons. The van der Waals surface area contributed by atoms with Crippen LogP contribution in [-0.2, 0) is 0 Å². The van der Waals surface area contributed by atoms with E-state index >= 15 is 0 Å². The Hall–Kier alpha value is -1.06. The Kier molecular flexibility index (Phi) is 3.13. The lowest BCUT2D eigenvalue weighted by atomic mass is 10.2. The van der Waals surface area contributed by atoms with Gasteiger partial charge < -0.3 is 15.8 Å². The molecule has 0 aromatic carbocycles. The fraction of sp³-hybridized carbons (Fsp3) is 0.167. The van der Waals surface area contributed by atoms with Gasteiger partial charge in [-0.15, -0.1) is 0 Å². The van der Waals surface area contributed by atoms with Crippen LogP contribution in [0.4, 0.5) is 20.3 Å². The van der Waals surface area contributed by atoms with E-state index in [1.165, 1.54) is 22.6 Å². The number of rotatable bonds is 2. The minimum atomic E-state index is -2.78. The van der Waals surface area contributed by atoms with Gasteiger partial charge in [0.25, 0.3) is 6.43 Å². The Morgan fingerprint density at radius 3 is 2.64 bits per heavy atom. The summed E-state index contributed by atoms with van der Waals surface area (Å²) in [6.07, 6.45) is -2.06. The first-order valence-electron chi connectivity index (χ1n) is 3.31. The van der Waals surface area contributed by atoms with Crippen LogP contribution >= 0.6 is 22.6 Å². The van der Waals surface area contributed by atoms with Gasteiger partial charge in [-0.05, 0) is 32.5 Å². The molecule has 1 rings (SSSR count). The molecule has 0 unspecified atom stereocenters. The number of hydrogen-bond donors (Lipinski definition) is 1. The second kappa shape index (κ2) is 3.98. The zero-order chi connectivity index (χ0) is 10.9. The summed E-state index contributed by atoms with van der Waals surface area (Å²) in [4.78, 5) is 12.9. The van der Waals surface area contributed by atoms with Crippen molar-refractivity contribution in [2.24, 2.45) is 0 Å². The lowest BCUT2D eigenvalue weighted by molar-refractivity contribution is -0.390. The number of alkyl halides is 2.